The molecule has 32 heavy (non-hydrogen) atoms. The van der Waals surface area contributed by atoms with Crippen molar-refractivity contribution in [2.75, 3.05) is 7.11 Å². The fourth-order valence-corrected chi connectivity index (χ4v) is 4.70. The maximum atomic E-state index is 12.6. The Morgan fingerprint density at radius 2 is 1.88 bits per heavy atom. The number of hydrazone groups is 1. The molecule has 0 radical (unpaired) electrons. The first-order valence-electron chi connectivity index (χ1n) is 10.3. The molecule has 0 unspecified atom stereocenters. The second-order valence-electron chi connectivity index (χ2n) is 7.56. The van der Waals surface area contributed by atoms with Crippen LogP contribution >= 0.6 is 11.3 Å². The lowest BCUT2D eigenvalue weighted by Gasteiger charge is -2.20. The van der Waals surface area contributed by atoms with E-state index in [4.69, 9.17) is 9.84 Å². The normalized spacial score (nSPS) is 15.6. The van der Waals surface area contributed by atoms with Gasteiger partial charge in [0.2, 0.25) is 5.91 Å². The molecule has 1 aliphatic heterocycles. The van der Waals surface area contributed by atoms with Crippen molar-refractivity contribution in [3.05, 3.63) is 88.7 Å². The molecule has 1 amide bonds. The van der Waals surface area contributed by atoms with E-state index in [0.29, 0.717) is 6.42 Å². The molecule has 0 saturated heterocycles. The van der Waals surface area contributed by atoms with Gasteiger partial charge in [-0.05, 0) is 41.1 Å². The maximum Gasteiger partial charge on any atom is 0.240 e. The summed E-state index contributed by atoms with van der Waals surface area (Å²) in [6.45, 7) is 1.55. The van der Waals surface area contributed by atoms with Gasteiger partial charge in [0.15, 0.2) is 0 Å². The topological polar surface area (TPSA) is 59.7 Å². The van der Waals surface area contributed by atoms with E-state index in [-0.39, 0.29) is 11.9 Å². The first-order chi connectivity index (χ1) is 15.7. The molecule has 0 aliphatic carbocycles. The number of aromatic nitrogens is 2. The molecule has 3 heterocycles. The minimum atomic E-state index is -0.250. The van der Waals surface area contributed by atoms with Gasteiger partial charge in [-0.3, -0.25) is 4.79 Å². The van der Waals surface area contributed by atoms with E-state index in [1.165, 1.54) is 0 Å². The summed E-state index contributed by atoms with van der Waals surface area (Å²) in [7, 11) is 1.65. The standard InChI is InChI=1S/C25H22N4O2S/c1-17(30)29-23(14-22(26-29)18-12-13-32-16-18)21-15-28(19-8-4-3-5-9-19)27-25(21)20-10-6-7-11-24(20)31-2/h3-13,15-16,23H,14H2,1-2H3/t23-/m1/s1. The highest BCUT2D eigenvalue weighted by Crippen LogP contribution is 2.40. The van der Waals surface area contributed by atoms with Crippen LogP contribution in [0.5, 0.6) is 5.75 Å². The summed E-state index contributed by atoms with van der Waals surface area (Å²) >= 11 is 1.62. The van der Waals surface area contributed by atoms with Gasteiger partial charge >= 0.3 is 0 Å². The zero-order valence-electron chi connectivity index (χ0n) is 17.8. The van der Waals surface area contributed by atoms with E-state index in [9.17, 15) is 4.79 Å². The highest BCUT2D eigenvalue weighted by atomic mass is 32.1. The molecule has 5 rings (SSSR count). The predicted octanol–water partition coefficient (Wildman–Crippen LogP) is 5.31. The van der Waals surface area contributed by atoms with Crippen LogP contribution in [0.4, 0.5) is 0 Å². The molecule has 1 atom stereocenters. The van der Waals surface area contributed by atoms with Gasteiger partial charge in [0.05, 0.1) is 24.6 Å². The van der Waals surface area contributed by atoms with Crippen molar-refractivity contribution in [2.24, 2.45) is 5.10 Å². The van der Waals surface area contributed by atoms with Gasteiger partial charge in [-0.1, -0.05) is 30.3 Å². The number of methoxy groups -OCH3 is 1. The monoisotopic (exact) mass is 442 g/mol. The number of rotatable bonds is 5. The Hall–Kier alpha value is -3.71. The van der Waals surface area contributed by atoms with Crippen molar-refractivity contribution >= 4 is 23.0 Å². The first-order valence-corrected chi connectivity index (χ1v) is 11.3. The summed E-state index contributed by atoms with van der Waals surface area (Å²) in [5, 5.41) is 15.3. The molecule has 0 fully saturated rings. The van der Waals surface area contributed by atoms with Crippen LogP contribution in [0, 0.1) is 0 Å². The van der Waals surface area contributed by atoms with Gasteiger partial charge in [-0.25, -0.2) is 9.69 Å². The van der Waals surface area contributed by atoms with Crippen molar-refractivity contribution in [1.29, 1.82) is 0 Å². The van der Waals surface area contributed by atoms with E-state index in [2.05, 4.69) is 10.5 Å². The van der Waals surface area contributed by atoms with Crippen molar-refractivity contribution in [3.8, 4) is 22.7 Å². The Kier molecular flexibility index (Phi) is 5.33. The Morgan fingerprint density at radius 1 is 1.09 bits per heavy atom. The molecular formula is C25H22N4O2S. The molecule has 0 saturated carbocycles. The fraction of sp³-hybridized carbons (Fsp3) is 0.160. The smallest absolute Gasteiger partial charge is 0.240 e. The molecule has 7 heteroatoms. The summed E-state index contributed by atoms with van der Waals surface area (Å²) in [5.74, 6) is 0.636. The van der Waals surface area contributed by atoms with Crippen molar-refractivity contribution < 1.29 is 9.53 Å². The number of benzene rings is 2. The number of para-hydroxylation sites is 2. The largest absolute Gasteiger partial charge is 0.496 e. The number of carbonyl (C=O) groups excluding carboxylic acids is 1. The Labute approximate surface area is 190 Å². The number of nitrogens with zero attached hydrogens (tertiary/aromatic N) is 4. The van der Waals surface area contributed by atoms with Gasteiger partial charge in [-0.2, -0.15) is 21.5 Å². The van der Waals surface area contributed by atoms with Crippen LogP contribution in [-0.4, -0.2) is 33.5 Å². The van der Waals surface area contributed by atoms with Crippen LogP contribution in [0.25, 0.3) is 16.9 Å². The highest BCUT2D eigenvalue weighted by molar-refractivity contribution is 7.08. The second-order valence-corrected chi connectivity index (χ2v) is 8.34. The third kappa shape index (κ3) is 3.61. The van der Waals surface area contributed by atoms with E-state index in [0.717, 1.165) is 39.5 Å². The third-order valence-corrected chi connectivity index (χ3v) is 6.25. The summed E-state index contributed by atoms with van der Waals surface area (Å²) in [4.78, 5) is 12.6. The third-order valence-electron chi connectivity index (χ3n) is 5.57. The Bertz CT molecular complexity index is 1280. The summed E-state index contributed by atoms with van der Waals surface area (Å²) in [6.07, 6.45) is 2.63. The lowest BCUT2D eigenvalue weighted by molar-refractivity contribution is -0.130. The second kappa shape index (κ2) is 8.43. The maximum absolute atomic E-state index is 12.6. The fourth-order valence-electron chi connectivity index (χ4n) is 4.04. The number of carbonyl (C=O) groups is 1. The Morgan fingerprint density at radius 3 is 2.59 bits per heavy atom. The van der Waals surface area contributed by atoms with Crippen LogP contribution in [0.2, 0.25) is 0 Å². The summed E-state index contributed by atoms with van der Waals surface area (Å²) in [5.41, 5.74) is 5.50. The van der Waals surface area contributed by atoms with E-state index < -0.39 is 0 Å². The SMILES string of the molecule is COc1ccccc1-c1nn(-c2ccccc2)cc1[C@H]1CC(c2ccsc2)=NN1C(C)=O. The van der Waals surface area contributed by atoms with Crippen molar-refractivity contribution in [2.45, 2.75) is 19.4 Å². The molecule has 1 aliphatic rings. The number of thiophene rings is 1. The van der Waals surface area contributed by atoms with Gasteiger partial charge in [0.25, 0.3) is 0 Å². The average Bonchev–Trinajstić information content (AvgIpc) is 3.58. The van der Waals surface area contributed by atoms with Crippen molar-refractivity contribution in [3.63, 3.8) is 0 Å². The first kappa shape index (κ1) is 20.2. The molecule has 2 aromatic heterocycles. The van der Waals surface area contributed by atoms with Crippen LogP contribution < -0.4 is 4.74 Å². The molecule has 0 N–H and O–H groups in total. The number of hydrogen-bond acceptors (Lipinski definition) is 5. The van der Waals surface area contributed by atoms with Crippen LogP contribution in [0.15, 0.2) is 82.7 Å². The molecule has 2 aromatic carbocycles. The molecule has 0 spiro atoms. The van der Waals surface area contributed by atoms with E-state index in [1.807, 2.05) is 76.9 Å². The van der Waals surface area contributed by atoms with Gasteiger partial charge in [0, 0.05) is 36.2 Å². The summed E-state index contributed by atoms with van der Waals surface area (Å²) in [6, 6.07) is 19.6. The minimum absolute atomic E-state index is 0.0985. The quantitative estimate of drug-likeness (QED) is 0.421. The van der Waals surface area contributed by atoms with E-state index >= 15 is 0 Å². The predicted molar refractivity (Wildman–Crippen MR) is 126 cm³/mol. The lowest BCUT2D eigenvalue weighted by atomic mass is 9.97. The van der Waals surface area contributed by atoms with Crippen molar-refractivity contribution in [1.82, 2.24) is 14.8 Å². The summed E-state index contributed by atoms with van der Waals surface area (Å²) < 4.78 is 7.49. The molecule has 160 valence electrons. The van der Waals surface area contributed by atoms with Crippen LogP contribution in [-0.2, 0) is 4.79 Å². The van der Waals surface area contributed by atoms with Crippen LogP contribution in [0.1, 0.15) is 30.5 Å². The Balaban J connectivity index is 1.66. The molecule has 6 nitrogen and oxygen atoms in total. The molecule has 4 aromatic rings. The highest BCUT2D eigenvalue weighted by Gasteiger charge is 2.35. The van der Waals surface area contributed by atoms with Gasteiger partial charge < -0.3 is 4.74 Å². The number of amides is 1. The lowest BCUT2D eigenvalue weighted by Crippen LogP contribution is -2.24. The number of hydrogen-bond donors (Lipinski definition) is 0. The van der Waals surface area contributed by atoms with Gasteiger partial charge in [0.1, 0.15) is 11.4 Å². The minimum Gasteiger partial charge on any atom is -0.496 e. The van der Waals surface area contributed by atoms with Crippen LogP contribution in [0.3, 0.4) is 0 Å². The zero-order valence-corrected chi connectivity index (χ0v) is 18.6. The molecular weight excluding hydrogens is 420 g/mol. The molecule has 0 bridgehead atoms. The number of ether oxygens (including phenoxy) is 1. The van der Waals surface area contributed by atoms with Gasteiger partial charge in [-0.15, -0.1) is 0 Å². The average molecular weight is 443 g/mol. The van der Waals surface area contributed by atoms with E-state index in [1.54, 1.807) is 30.4 Å². The zero-order chi connectivity index (χ0) is 22.1.